The van der Waals surface area contributed by atoms with Crippen LogP contribution in [-0.2, 0) is 12.8 Å². The van der Waals surface area contributed by atoms with Crippen molar-refractivity contribution in [3.63, 3.8) is 0 Å². The highest BCUT2D eigenvalue weighted by atomic mass is 19.1. The second-order valence-corrected chi connectivity index (χ2v) is 8.96. The third-order valence-corrected chi connectivity index (χ3v) is 6.59. The van der Waals surface area contributed by atoms with Crippen LogP contribution in [-0.4, -0.2) is 23.2 Å². The third-order valence-electron chi connectivity index (χ3n) is 6.59. The number of halogens is 1. The fourth-order valence-corrected chi connectivity index (χ4v) is 4.54. The third kappa shape index (κ3) is 4.15. The monoisotopic (exact) mass is 428 g/mol. The van der Waals surface area contributed by atoms with Crippen LogP contribution in [0.1, 0.15) is 35.1 Å². The van der Waals surface area contributed by atoms with Crippen LogP contribution in [0.2, 0.25) is 0 Å². The molecule has 1 aliphatic rings. The summed E-state index contributed by atoms with van der Waals surface area (Å²) in [6.45, 7) is 4.00. The molecule has 1 aromatic heterocycles. The van der Waals surface area contributed by atoms with E-state index in [9.17, 15) is 5.11 Å². The molecule has 0 unspecified atom stereocenters. The number of nitrogens with one attached hydrogen (secondary N) is 2. The zero-order chi connectivity index (χ0) is 22.1. The van der Waals surface area contributed by atoms with E-state index in [-0.39, 0.29) is 11.6 Å². The van der Waals surface area contributed by atoms with Crippen LogP contribution in [0, 0.1) is 18.7 Å². The Labute approximate surface area is 188 Å². The molecule has 4 aromatic rings. The van der Waals surface area contributed by atoms with Crippen LogP contribution in [0.5, 0.6) is 5.75 Å². The smallest absolute Gasteiger partial charge is 0.156 e. The topological polar surface area (TPSA) is 48.0 Å². The summed E-state index contributed by atoms with van der Waals surface area (Å²) < 4.78 is 15.7. The second-order valence-electron chi connectivity index (χ2n) is 8.96. The molecular formula is C28H29FN2O. The summed E-state index contributed by atoms with van der Waals surface area (Å²) in [6, 6.07) is 19.5. The number of rotatable bonds is 8. The Hall–Kier alpha value is -3.11. The maximum atomic E-state index is 15.7. The zero-order valence-electron chi connectivity index (χ0n) is 18.4. The SMILES string of the molecule is Cc1ccccc1-c1[nH]c2ccc(O)c(Cc3ccccc3CCNCC3CC3)c2c1F. The van der Waals surface area contributed by atoms with Crippen molar-refractivity contribution in [3.8, 4) is 17.0 Å². The van der Waals surface area contributed by atoms with Crippen LogP contribution in [0.15, 0.2) is 60.7 Å². The van der Waals surface area contributed by atoms with Gasteiger partial charge in [-0.25, -0.2) is 4.39 Å². The number of H-pyrrole nitrogens is 1. The minimum atomic E-state index is -0.302. The summed E-state index contributed by atoms with van der Waals surface area (Å²) in [5.74, 6) is 0.691. The second kappa shape index (κ2) is 8.79. The van der Waals surface area contributed by atoms with Crippen LogP contribution in [0.3, 0.4) is 0 Å². The Morgan fingerprint density at radius 2 is 1.75 bits per heavy atom. The molecule has 1 aliphatic carbocycles. The Balaban J connectivity index is 1.48. The average molecular weight is 429 g/mol. The molecule has 3 nitrogen and oxygen atoms in total. The minimum Gasteiger partial charge on any atom is -0.508 e. The van der Waals surface area contributed by atoms with Gasteiger partial charge in [0.15, 0.2) is 5.82 Å². The Morgan fingerprint density at radius 1 is 1.00 bits per heavy atom. The van der Waals surface area contributed by atoms with E-state index in [1.54, 1.807) is 12.1 Å². The Kier molecular flexibility index (Phi) is 5.71. The highest BCUT2D eigenvalue weighted by molar-refractivity contribution is 5.92. The molecule has 0 amide bonds. The lowest BCUT2D eigenvalue weighted by atomic mass is 9.95. The summed E-state index contributed by atoms with van der Waals surface area (Å²) in [6.07, 6.45) is 4.10. The van der Waals surface area contributed by atoms with Crippen LogP contribution < -0.4 is 5.32 Å². The standard InChI is InChI=1S/C28H29FN2O/c1-18-6-2-5-9-22(18)28-27(29)26-23(25(32)13-12-24(26)31-28)16-21-8-4-3-7-20(21)14-15-30-17-19-10-11-19/h2-9,12-13,19,30-32H,10-11,14-17H2,1H3. The number of aromatic hydroxyl groups is 1. The molecule has 3 aromatic carbocycles. The number of phenolic OH excluding ortho intramolecular Hbond substituents is 1. The van der Waals surface area contributed by atoms with Gasteiger partial charge in [-0.1, -0.05) is 48.5 Å². The van der Waals surface area contributed by atoms with Gasteiger partial charge >= 0.3 is 0 Å². The van der Waals surface area contributed by atoms with E-state index >= 15 is 4.39 Å². The quantitative estimate of drug-likeness (QED) is 0.296. The molecule has 0 spiro atoms. The normalized spacial score (nSPS) is 13.7. The summed E-state index contributed by atoms with van der Waals surface area (Å²) in [4.78, 5) is 3.25. The summed E-state index contributed by atoms with van der Waals surface area (Å²) in [5, 5.41) is 14.7. The van der Waals surface area contributed by atoms with E-state index < -0.39 is 0 Å². The number of hydrogen-bond acceptors (Lipinski definition) is 2. The first kappa shape index (κ1) is 20.8. The maximum Gasteiger partial charge on any atom is 0.156 e. The molecule has 1 heterocycles. The molecule has 5 rings (SSSR count). The van der Waals surface area contributed by atoms with Crippen molar-refractivity contribution in [1.29, 1.82) is 0 Å². The van der Waals surface area contributed by atoms with E-state index in [1.165, 1.54) is 18.4 Å². The van der Waals surface area contributed by atoms with E-state index in [2.05, 4.69) is 22.4 Å². The molecule has 0 atom stereocenters. The van der Waals surface area contributed by atoms with Gasteiger partial charge in [-0.3, -0.25) is 0 Å². The zero-order valence-corrected chi connectivity index (χ0v) is 18.4. The van der Waals surface area contributed by atoms with Crippen LogP contribution in [0.25, 0.3) is 22.2 Å². The van der Waals surface area contributed by atoms with Gasteiger partial charge in [0.25, 0.3) is 0 Å². The van der Waals surface area contributed by atoms with Gasteiger partial charge < -0.3 is 15.4 Å². The van der Waals surface area contributed by atoms with Crippen molar-refractivity contribution in [1.82, 2.24) is 10.3 Å². The molecule has 0 radical (unpaired) electrons. The van der Waals surface area contributed by atoms with Gasteiger partial charge in [0.1, 0.15) is 5.75 Å². The Bertz CT molecular complexity index is 1260. The van der Waals surface area contributed by atoms with Crippen molar-refractivity contribution in [2.45, 2.75) is 32.6 Å². The first-order valence-corrected chi connectivity index (χ1v) is 11.5. The van der Waals surface area contributed by atoms with Gasteiger partial charge in [-0.15, -0.1) is 0 Å². The fraction of sp³-hybridized carbons (Fsp3) is 0.286. The van der Waals surface area contributed by atoms with Gasteiger partial charge in [-0.2, -0.15) is 0 Å². The van der Waals surface area contributed by atoms with E-state index in [0.29, 0.717) is 28.6 Å². The van der Waals surface area contributed by atoms with E-state index in [0.717, 1.165) is 42.1 Å². The van der Waals surface area contributed by atoms with Crippen molar-refractivity contribution >= 4 is 10.9 Å². The largest absolute Gasteiger partial charge is 0.508 e. The first-order valence-electron chi connectivity index (χ1n) is 11.5. The number of aryl methyl sites for hydroxylation is 1. The van der Waals surface area contributed by atoms with Crippen molar-refractivity contribution < 1.29 is 9.50 Å². The lowest BCUT2D eigenvalue weighted by Crippen LogP contribution is -2.20. The molecule has 0 saturated heterocycles. The highest BCUT2D eigenvalue weighted by Gasteiger charge is 2.21. The molecule has 0 aliphatic heterocycles. The van der Waals surface area contributed by atoms with Gasteiger partial charge in [0, 0.05) is 28.5 Å². The summed E-state index contributed by atoms with van der Waals surface area (Å²) in [7, 11) is 0. The number of fused-ring (bicyclic) bond motifs is 1. The molecule has 0 bridgehead atoms. The van der Waals surface area contributed by atoms with Crippen LogP contribution >= 0.6 is 0 Å². The minimum absolute atomic E-state index is 0.133. The summed E-state index contributed by atoms with van der Waals surface area (Å²) in [5.41, 5.74) is 6.03. The molecule has 1 saturated carbocycles. The number of aromatic nitrogens is 1. The molecule has 1 fully saturated rings. The Morgan fingerprint density at radius 3 is 2.53 bits per heavy atom. The number of phenols is 1. The molecule has 164 valence electrons. The average Bonchev–Trinajstić information content (AvgIpc) is 3.57. The molecule has 4 heteroatoms. The predicted molar refractivity (Wildman–Crippen MR) is 129 cm³/mol. The van der Waals surface area contributed by atoms with Gasteiger partial charge in [-0.05, 0) is 74.0 Å². The lowest BCUT2D eigenvalue weighted by Gasteiger charge is -2.12. The number of benzene rings is 3. The van der Waals surface area contributed by atoms with E-state index in [4.69, 9.17) is 0 Å². The van der Waals surface area contributed by atoms with Crippen molar-refractivity contribution in [2.75, 3.05) is 13.1 Å². The summed E-state index contributed by atoms with van der Waals surface area (Å²) >= 11 is 0. The maximum absolute atomic E-state index is 15.7. The van der Waals surface area contributed by atoms with Gasteiger partial charge in [0.05, 0.1) is 5.69 Å². The van der Waals surface area contributed by atoms with Crippen molar-refractivity contribution in [3.05, 3.63) is 88.7 Å². The molecular weight excluding hydrogens is 399 g/mol. The molecule has 32 heavy (non-hydrogen) atoms. The number of hydrogen-bond donors (Lipinski definition) is 3. The first-order chi connectivity index (χ1) is 15.6. The highest BCUT2D eigenvalue weighted by Crippen LogP contribution is 2.37. The lowest BCUT2D eigenvalue weighted by molar-refractivity contribution is 0.470. The van der Waals surface area contributed by atoms with E-state index in [1.807, 2.05) is 43.3 Å². The fourth-order valence-electron chi connectivity index (χ4n) is 4.54. The number of aromatic amines is 1. The van der Waals surface area contributed by atoms with Gasteiger partial charge in [0.2, 0.25) is 0 Å². The predicted octanol–water partition coefficient (Wildman–Crippen LogP) is 6.12. The van der Waals surface area contributed by atoms with Crippen LogP contribution in [0.4, 0.5) is 4.39 Å². The van der Waals surface area contributed by atoms with Crippen molar-refractivity contribution in [2.24, 2.45) is 5.92 Å². The molecule has 3 N–H and O–H groups in total.